The second kappa shape index (κ2) is 9.32. The Labute approximate surface area is 92.4 Å². The highest BCUT2D eigenvalue weighted by Crippen LogP contribution is 2.04. The Morgan fingerprint density at radius 1 is 1.36 bits per heavy atom. The van der Waals surface area contributed by atoms with E-state index in [0.717, 1.165) is 44.5 Å². The number of hydrogen-bond donors (Lipinski definition) is 1. The molecule has 0 aliphatic rings. The molecule has 0 aliphatic heterocycles. The van der Waals surface area contributed by atoms with Crippen molar-refractivity contribution in [3.63, 3.8) is 0 Å². The average molecular weight is 220 g/mol. The first-order valence-corrected chi connectivity index (χ1v) is 6.09. The van der Waals surface area contributed by atoms with E-state index in [2.05, 4.69) is 12.2 Å². The van der Waals surface area contributed by atoms with E-state index < -0.39 is 0 Å². The molecule has 0 saturated carbocycles. The maximum absolute atomic E-state index is 11.4. The molecule has 0 aromatic heterocycles. The van der Waals surface area contributed by atoms with E-state index >= 15 is 0 Å². The molecule has 1 amide bonds. The van der Waals surface area contributed by atoms with Crippen LogP contribution in [0.15, 0.2) is 0 Å². The van der Waals surface area contributed by atoms with Gasteiger partial charge in [0.25, 0.3) is 0 Å². The number of amides is 1. The predicted octanol–water partition coefficient (Wildman–Crippen LogP) is 2.95. The molecule has 0 rings (SSSR count). The van der Waals surface area contributed by atoms with Crippen LogP contribution in [0.4, 0.5) is 0 Å². The highest BCUT2D eigenvalue weighted by atomic mass is 35.5. The molecular weight excluding hydrogens is 198 g/mol. The van der Waals surface area contributed by atoms with Crippen molar-refractivity contribution in [3.8, 4) is 0 Å². The van der Waals surface area contributed by atoms with Crippen LogP contribution in [-0.4, -0.2) is 18.3 Å². The maximum atomic E-state index is 11.4. The van der Waals surface area contributed by atoms with Crippen LogP contribution in [0.25, 0.3) is 0 Å². The first kappa shape index (κ1) is 13.8. The van der Waals surface area contributed by atoms with Crippen LogP contribution >= 0.6 is 11.6 Å². The molecule has 1 N–H and O–H groups in total. The summed E-state index contributed by atoms with van der Waals surface area (Å²) >= 11 is 5.55. The van der Waals surface area contributed by atoms with Crippen molar-refractivity contribution in [2.24, 2.45) is 5.92 Å². The van der Waals surface area contributed by atoms with Crippen molar-refractivity contribution in [2.45, 2.75) is 46.0 Å². The van der Waals surface area contributed by atoms with Gasteiger partial charge in [-0.2, -0.15) is 0 Å². The average Bonchev–Trinajstić information content (AvgIpc) is 2.17. The summed E-state index contributed by atoms with van der Waals surface area (Å²) in [4.78, 5) is 11.4. The van der Waals surface area contributed by atoms with Gasteiger partial charge in [0.1, 0.15) is 0 Å². The largest absolute Gasteiger partial charge is 0.356 e. The van der Waals surface area contributed by atoms with Crippen molar-refractivity contribution in [1.29, 1.82) is 0 Å². The van der Waals surface area contributed by atoms with Crippen molar-refractivity contribution < 1.29 is 4.79 Å². The fourth-order valence-electron chi connectivity index (χ4n) is 1.35. The van der Waals surface area contributed by atoms with E-state index in [-0.39, 0.29) is 11.8 Å². The molecule has 0 saturated heterocycles. The second-order valence-corrected chi connectivity index (χ2v) is 4.11. The topological polar surface area (TPSA) is 29.1 Å². The van der Waals surface area contributed by atoms with Gasteiger partial charge >= 0.3 is 0 Å². The summed E-state index contributed by atoms with van der Waals surface area (Å²) in [6, 6.07) is 0. The third-order valence-electron chi connectivity index (χ3n) is 2.28. The third kappa shape index (κ3) is 7.19. The molecule has 0 fully saturated rings. The highest BCUT2D eigenvalue weighted by Gasteiger charge is 2.09. The van der Waals surface area contributed by atoms with Gasteiger partial charge in [-0.3, -0.25) is 4.79 Å². The third-order valence-corrected chi connectivity index (χ3v) is 2.55. The van der Waals surface area contributed by atoms with Gasteiger partial charge in [0.05, 0.1) is 0 Å². The van der Waals surface area contributed by atoms with Gasteiger partial charge in [0.2, 0.25) is 5.91 Å². The van der Waals surface area contributed by atoms with E-state index in [1.807, 2.05) is 6.92 Å². The van der Waals surface area contributed by atoms with Crippen LogP contribution < -0.4 is 5.32 Å². The molecule has 0 aliphatic carbocycles. The first-order valence-electron chi connectivity index (χ1n) is 5.56. The molecule has 0 bridgehead atoms. The summed E-state index contributed by atoms with van der Waals surface area (Å²) in [6.45, 7) is 4.88. The van der Waals surface area contributed by atoms with Crippen LogP contribution in [-0.2, 0) is 4.79 Å². The number of carbonyl (C=O) groups excluding carboxylic acids is 1. The van der Waals surface area contributed by atoms with Gasteiger partial charge in [-0.1, -0.05) is 26.7 Å². The van der Waals surface area contributed by atoms with E-state index in [1.54, 1.807) is 0 Å². The van der Waals surface area contributed by atoms with E-state index in [1.165, 1.54) is 0 Å². The molecule has 2 nitrogen and oxygen atoms in total. The van der Waals surface area contributed by atoms with Crippen LogP contribution in [0.5, 0.6) is 0 Å². The Bertz CT molecular complexity index is 150. The van der Waals surface area contributed by atoms with Gasteiger partial charge in [0, 0.05) is 18.3 Å². The summed E-state index contributed by atoms with van der Waals surface area (Å²) in [7, 11) is 0. The van der Waals surface area contributed by atoms with Gasteiger partial charge < -0.3 is 5.32 Å². The Morgan fingerprint density at radius 3 is 2.64 bits per heavy atom. The number of nitrogens with one attached hydrogen (secondary N) is 1. The van der Waals surface area contributed by atoms with Crippen molar-refractivity contribution in [2.75, 3.05) is 12.4 Å². The molecule has 0 aromatic rings. The molecule has 0 aromatic carbocycles. The zero-order valence-corrected chi connectivity index (χ0v) is 10.1. The number of unbranched alkanes of at least 4 members (excludes halogenated alkanes) is 2. The van der Waals surface area contributed by atoms with Crippen LogP contribution in [0.1, 0.15) is 46.0 Å². The monoisotopic (exact) mass is 219 g/mol. The zero-order valence-electron chi connectivity index (χ0n) is 9.31. The standard InChI is InChI=1S/C11H22ClNO/c1-3-7-10(2)11(14)13-9-6-4-5-8-12/h10H,3-9H2,1-2H3,(H,13,14). The van der Waals surface area contributed by atoms with Gasteiger partial charge in [-0.15, -0.1) is 11.6 Å². The van der Waals surface area contributed by atoms with Crippen LogP contribution in [0, 0.1) is 5.92 Å². The van der Waals surface area contributed by atoms with Gasteiger partial charge in [0.15, 0.2) is 0 Å². The Balaban J connectivity index is 3.34. The van der Waals surface area contributed by atoms with Crippen LogP contribution in [0.2, 0.25) is 0 Å². The fourth-order valence-corrected chi connectivity index (χ4v) is 1.54. The lowest BCUT2D eigenvalue weighted by Gasteiger charge is -2.10. The Hall–Kier alpha value is -0.240. The first-order chi connectivity index (χ1) is 6.72. The number of hydrogen-bond acceptors (Lipinski definition) is 1. The van der Waals surface area contributed by atoms with Crippen molar-refractivity contribution in [1.82, 2.24) is 5.32 Å². The summed E-state index contributed by atoms with van der Waals surface area (Å²) in [6.07, 6.45) is 5.24. The molecule has 1 atom stereocenters. The predicted molar refractivity (Wildman–Crippen MR) is 61.7 cm³/mol. The molecule has 0 heterocycles. The maximum Gasteiger partial charge on any atom is 0.222 e. The minimum Gasteiger partial charge on any atom is -0.356 e. The van der Waals surface area contributed by atoms with E-state index in [4.69, 9.17) is 11.6 Å². The Morgan fingerprint density at radius 2 is 2.07 bits per heavy atom. The molecule has 0 radical (unpaired) electrons. The quantitative estimate of drug-likeness (QED) is 0.494. The second-order valence-electron chi connectivity index (χ2n) is 3.73. The zero-order chi connectivity index (χ0) is 10.8. The van der Waals surface area contributed by atoms with E-state index in [9.17, 15) is 4.79 Å². The van der Waals surface area contributed by atoms with Crippen LogP contribution in [0.3, 0.4) is 0 Å². The number of rotatable bonds is 8. The van der Waals surface area contributed by atoms with Crippen molar-refractivity contribution in [3.05, 3.63) is 0 Å². The smallest absolute Gasteiger partial charge is 0.222 e. The number of halogens is 1. The minimum atomic E-state index is 0.160. The summed E-state index contributed by atoms with van der Waals surface area (Å²) in [5, 5.41) is 2.94. The molecule has 14 heavy (non-hydrogen) atoms. The molecular formula is C11H22ClNO. The Kier molecular flexibility index (Phi) is 9.16. The molecule has 84 valence electrons. The molecule has 3 heteroatoms. The minimum absolute atomic E-state index is 0.160. The summed E-state index contributed by atoms with van der Waals surface area (Å²) < 4.78 is 0. The highest BCUT2D eigenvalue weighted by molar-refractivity contribution is 6.17. The van der Waals surface area contributed by atoms with Gasteiger partial charge in [-0.25, -0.2) is 0 Å². The summed E-state index contributed by atoms with van der Waals surface area (Å²) in [5.41, 5.74) is 0. The lowest BCUT2D eigenvalue weighted by molar-refractivity contribution is -0.124. The SMILES string of the molecule is CCCC(C)C(=O)NCCCCCCl. The van der Waals surface area contributed by atoms with Crippen molar-refractivity contribution >= 4 is 17.5 Å². The van der Waals surface area contributed by atoms with E-state index in [0.29, 0.717) is 0 Å². The summed E-state index contributed by atoms with van der Waals surface area (Å²) in [5.74, 6) is 1.07. The molecule has 0 spiro atoms. The number of alkyl halides is 1. The number of carbonyl (C=O) groups is 1. The molecule has 1 unspecified atom stereocenters. The lowest BCUT2D eigenvalue weighted by Crippen LogP contribution is -2.29. The normalized spacial score (nSPS) is 12.5. The van der Waals surface area contributed by atoms with Gasteiger partial charge in [-0.05, 0) is 19.3 Å². The fraction of sp³-hybridized carbons (Fsp3) is 0.909. The lowest BCUT2D eigenvalue weighted by atomic mass is 10.1.